The second kappa shape index (κ2) is 3.36. The van der Waals surface area contributed by atoms with E-state index in [1.807, 2.05) is 6.92 Å². The van der Waals surface area contributed by atoms with Crippen LogP contribution in [-0.4, -0.2) is 16.6 Å². The van der Waals surface area contributed by atoms with Gasteiger partial charge in [0.2, 0.25) is 0 Å². The third-order valence-electron chi connectivity index (χ3n) is 2.30. The molecule has 1 aromatic rings. The molecule has 1 aliphatic rings. The van der Waals surface area contributed by atoms with Gasteiger partial charge in [-0.1, -0.05) is 0 Å². The normalized spacial score (nSPS) is 19.0. The average molecular weight is 198 g/mol. The zero-order valence-electron chi connectivity index (χ0n) is 7.66. The van der Waals surface area contributed by atoms with Crippen molar-refractivity contribution in [2.45, 2.75) is 31.8 Å². The van der Waals surface area contributed by atoms with Crippen LogP contribution in [0.25, 0.3) is 0 Å². The van der Waals surface area contributed by atoms with E-state index in [1.54, 1.807) is 11.3 Å². The molecule has 1 unspecified atom stereocenters. The third kappa shape index (κ3) is 1.75. The van der Waals surface area contributed by atoms with Gasteiger partial charge in [0.15, 0.2) is 0 Å². The van der Waals surface area contributed by atoms with Crippen LogP contribution in [0.2, 0.25) is 0 Å². The van der Waals surface area contributed by atoms with Gasteiger partial charge in [0.05, 0.1) is 15.6 Å². The van der Waals surface area contributed by atoms with Crippen LogP contribution in [0.15, 0.2) is 0 Å². The van der Waals surface area contributed by atoms with E-state index in [-0.39, 0.29) is 6.54 Å². The zero-order valence-corrected chi connectivity index (χ0v) is 8.47. The minimum atomic E-state index is -0.523. The maximum Gasteiger partial charge on any atom is 0.102 e. The monoisotopic (exact) mass is 198 g/mol. The van der Waals surface area contributed by atoms with E-state index in [4.69, 9.17) is 5.73 Å². The Balaban J connectivity index is 2.24. The summed E-state index contributed by atoms with van der Waals surface area (Å²) in [4.78, 5) is 5.39. The topological polar surface area (TPSA) is 59.1 Å². The molecule has 1 aliphatic carbocycles. The first-order valence-electron chi connectivity index (χ1n) is 4.57. The molecule has 1 atom stereocenters. The maximum absolute atomic E-state index is 9.57. The first kappa shape index (κ1) is 9.12. The smallest absolute Gasteiger partial charge is 0.102 e. The lowest BCUT2D eigenvalue weighted by Gasteiger charge is -2.03. The van der Waals surface area contributed by atoms with E-state index in [2.05, 4.69) is 4.98 Å². The highest BCUT2D eigenvalue weighted by Gasteiger charge is 2.28. The molecule has 0 aliphatic heterocycles. The van der Waals surface area contributed by atoms with E-state index in [1.165, 1.54) is 17.8 Å². The fraction of sp³-hybridized carbons (Fsp3) is 0.667. The summed E-state index contributed by atoms with van der Waals surface area (Å²) in [7, 11) is 0. The summed E-state index contributed by atoms with van der Waals surface area (Å²) in [5.74, 6) is 0.669. The predicted molar refractivity (Wildman–Crippen MR) is 52.8 cm³/mol. The van der Waals surface area contributed by atoms with Crippen molar-refractivity contribution in [1.82, 2.24) is 4.98 Å². The van der Waals surface area contributed by atoms with Crippen molar-refractivity contribution in [2.75, 3.05) is 6.54 Å². The lowest BCUT2D eigenvalue weighted by molar-refractivity contribution is 0.189. The van der Waals surface area contributed by atoms with Gasteiger partial charge in [-0.25, -0.2) is 4.98 Å². The standard InChI is InChI=1S/C9H14N2OS/c1-5-8(7(12)4-10)13-9(11-5)6-2-3-6/h6-7,12H,2-4,10H2,1H3. The lowest BCUT2D eigenvalue weighted by Crippen LogP contribution is -2.10. The predicted octanol–water partition coefficient (Wildman–Crippen LogP) is 1.32. The van der Waals surface area contributed by atoms with E-state index in [0.29, 0.717) is 5.92 Å². The maximum atomic E-state index is 9.57. The molecule has 0 bridgehead atoms. The molecule has 0 amide bonds. The van der Waals surface area contributed by atoms with Gasteiger partial charge >= 0.3 is 0 Å². The van der Waals surface area contributed by atoms with Gasteiger partial charge in [-0.05, 0) is 19.8 Å². The summed E-state index contributed by atoms with van der Waals surface area (Å²) in [6, 6.07) is 0. The molecule has 1 heterocycles. The SMILES string of the molecule is Cc1nc(C2CC2)sc1C(O)CN. The van der Waals surface area contributed by atoms with Crippen LogP contribution >= 0.6 is 11.3 Å². The first-order chi connectivity index (χ1) is 6.22. The quantitative estimate of drug-likeness (QED) is 0.770. The highest BCUT2D eigenvalue weighted by molar-refractivity contribution is 7.12. The number of hydrogen-bond acceptors (Lipinski definition) is 4. The van der Waals surface area contributed by atoms with Crippen LogP contribution in [0.3, 0.4) is 0 Å². The van der Waals surface area contributed by atoms with Crippen molar-refractivity contribution >= 4 is 11.3 Å². The molecule has 0 saturated heterocycles. The third-order valence-corrected chi connectivity index (χ3v) is 3.72. The van der Waals surface area contributed by atoms with Gasteiger partial charge < -0.3 is 10.8 Å². The Kier molecular flexibility index (Phi) is 2.36. The lowest BCUT2D eigenvalue weighted by atomic mass is 10.2. The Hall–Kier alpha value is -0.450. The van der Waals surface area contributed by atoms with Gasteiger partial charge in [-0.2, -0.15) is 0 Å². The molecule has 0 spiro atoms. The molecule has 3 nitrogen and oxygen atoms in total. The molecule has 4 heteroatoms. The zero-order chi connectivity index (χ0) is 9.42. The molecular weight excluding hydrogens is 184 g/mol. The van der Waals surface area contributed by atoms with Gasteiger partial charge in [-0.3, -0.25) is 0 Å². The van der Waals surface area contributed by atoms with Gasteiger partial charge in [0.1, 0.15) is 6.10 Å². The minimum Gasteiger partial charge on any atom is -0.386 e. The molecule has 2 rings (SSSR count). The molecular formula is C9H14N2OS. The van der Waals surface area contributed by atoms with Crippen LogP contribution in [-0.2, 0) is 0 Å². The Morgan fingerprint density at radius 1 is 1.69 bits per heavy atom. The summed E-state index contributed by atoms with van der Waals surface area (Å²) in [6.07, 6.45) is 1.99. The fourth-order valence-corrected chi connectivity index (χ4v) is 2.59. The Bertz CT molecular complexity index is 307. The van der Waals surface area contributed by atoms with Crippen molar-refractivity contribution in [2.24, 2.45) is 5.73 Å². The Morgan fingerprint density at radius 2 is 2.38 bits per heavy atom. The number of thiazole rings is 1. The number of rotatable bonds is 3. The minimum absolute atomic E-state index is 0.285. The molecule has 3 N–H and O–H groups in total. The molecule has 1 fully saturated rings. The molecule has 13 heavy (non-hydrogen) atoms. The van der Waals surface area contributed by atoms with Crippen LogP contribution in [0.4, 0.5) is 0 Å². The van der Waals surface area contributed by atoms with E-state index in [0.717, 1.165) is 10.6 Å². The highest BCUT2D eigenvalue weighted by Crippen LogP contribution is 2.43. The van der Waals surface area contributed by atoms with Gasteiger partial charge in [0, 0.05) is 12.5 Å². The molecule has 1 aromatic heterocycles. The largest absolute Gasteiger partial charge is 0.386 e. The Labute approximate surface area is 81.6 Å². The molecule has 1 saturated carbocycles. The number of nitrogens with two attached hydrogens (primary N) is 1. The first-order valence-corrected chi connectivity index (χ1v) is 5.39. The average Bonchev–Trinajstić information content (AvgIpc) is 2.89. The van der Waals surface area contributed by atoms with E-state index < -0.39 is 6.10 Å². The van der Waals surface area contributed by atoms with Crippen LogP contribution in [0, 0.1) is 6.92 Å². The van der Waals surface area contributed by atoms with Gasteiger partial charge in [-0.15, -0.1) is 11.3 Å². The van der Waals surface area contributed by atoms with Gasteiger partial charge in [0.25, 0.3) is 0 Å². The van der Waals surface area contributed by atoms with E-state index >= 15 is 0 Å². The molecule has 0 aromatic carbocycles. The number of aryl methyl sites for hydroxylation is 1. The molecule has 0 radical (unpaired) electrons. The summed E-state index contributed by atoms with van der Waals surface area (Å²) in [6.45, 7) is 2.23. The van der Waals surface area contributed by atoms with Crippen LogP contribution in [0.5, 0.6) is 0 Å². The number of aliphatic hydroxyl groups is 1. The summed E-state index contributed by atoms with van der Waals surface area (Å²) in [5, 5.41) is 10.8. The molecule has 72 valence electrons. The summed E-state index contributed by atoms with van der Waals surface area (Å²) >= 11 is 1.62. The highest BCUT2D eigenvalue weighted by atomic mass is 32.1. The van der Waals surface area contributed by atoms with Crippen LogP contribution in [0.1, 0.15) is 40.4 Å². The fourth-order valence-electron chi connectivity index (χ4n) is 1.35. The van der Waals surface area contributed by atoms with Crippen molar-refractivity contribution in [3.8, 4) is 0 Å². The van der Waals surface area contributed by atoms with Crippen molar-refractivity contribution in [3.05, 3.63) is 15.6 Å². The van der Waals surface area contributed by atoms with Crippen LogP contribution < -0.4 is 5.73 Å². The summed E-state index contributed by atoms with van der Waals surface area (Å²) in [5.41, 5.74) is 6.35. The van der Waals surface area contributed by atoms with E-state index in [9.17, 15) is 5.11 Å². The van der Waals surface area contributed by atoms with Crippen molar-refractivity contribution in [3.63, 3.8) is 0 Å². The number of aromatic nitrogens is 1. The van der Waals surface area contributed by atoms with Crippen molar-refractivity contribution in [1.29, 1.82) is 0 Å². The summed E-state index contributed by atoms with van der Waals surface area (Å²) < 4.78 is 0. The number of hydrogen-bond donors (Lipinski definition) is 2. The number of nitrogens with zero attached hydrogens (tertiary/aromatic N) is 1. The second-order valence-electron chi connectivity index (χ2n) is 3.53. The second-order valence-corrected chi connectivity index (χ2v) is 4.59. The number of aliphatic hydroxyl groups excluding tert-OH is 1. The van der Waals surface area contributed by atoms with Crippen molar-refractivity contribution < 1.29 is 5.11 Å². The Morgan fingerprint density at radius 3 is 2.92 bits per heavy atom.